The Kier molecular flexibility index (Phi) is 5.61. The molecule has 2 aromatic carbocycles. The smallest absolute Gasteiger partial charge is 0.310 e. The van der Waals surface area contributed by atoms with Crippen LogP contribution >= 0.6 is 0 Å². The lowest BCUT2D eigenvalue weighted by atomic mass is 9.93. The summed E-state index contributed by atoms with van der Waals surface area (Å²) < 4.78 is 16.6. The number of carbonyl (C=O) groups is 1. The van der Waals surface area contributed by atoms with Gasteiger partial charge in [-0.1, -0.05) is 24.6 Å². The van der Waals surface area contributed by atoms with Gasteiger partial charge in [0.25, 0.3) is 0 Å². The van der Waals surface area contributed by atoms with E-state index in [4.69, 9.17) is 0 Å². The zero-order chi connectivity index (χ0) is 20.5. The molecule has 0 bridgehead atoms. The van der Waals surface area contributed by atoms with Crippen molar-refractivity contribution in [2.45, 2.75) is 75.3 Å². The minimum Gasteiger partial charge on any atom is -0.310 e. The van der Waals surface area contributed by atoms with Crippen LogP contribution in [0.5, 0.6) is 0 Å². The molecule has 2 N–H and O–H groups in total. The summed E-state index contributed by atoms with van der Waals surface area (Å²) in [6.07, 6.45) is 10.3. The van der Waals surface area contributed by atoms with Gasteiger partial charge in [-0.2, -0.15) is 0 Å². The molecular formula is C24H29N3O2S. The van der Waals surface area contributed by atoms with E-state index in [2.05, 4.69) is 21.1 Å². The SMILES string of the molecule is O=C(/N=[SH](=O)\c1ccc(CNC2CCC2)cc1)Nc1c2c(cc3c1CCC3)CCC2. The van der Waals surface area contributed by atoms with E-state index >= 15 is 0 Å². The standard InChI is InChI=1S/C24H29N3O2S/c28-24(26-23-21-8-1-4-17(21)14-18-5-2-9-22(18)23)27-30(29)20-12-10-16(11-13-20)15-25-19-6-3-7-19/h10-14,19,25,30H,1-9,15H2,(H,26,28). The van der Waals surface area contributed by atoms with Crippen LogP contribution in [0.1, 0.15) is 59.9 Å². The number of amides is 2. The van der Waals surface area contributed by atoms with Crippen molar-refractivity contribution in [3.05, 3.63) is 58.1 Å². The number of hydrogen-bond donors (Lipinski definition) is 3. The Labute approximate surface area is 179 Å². The van der Waals surface area contributed by atoms with Crippen molar-refractivity contribution in [1.29, 1.82) is 0 Å². The summed E-state index contributed by atoms with van der Waals surface area (Å²) in [6, 6.07) is 10.1. The van der Waals surface area contributed by atoms with Crippen molar-refractivity contribution in [2.24, 2.45) is 4.36 Å². The van der Waals surface area contributed by atoms with Gasteiger partial charge in [-0.3, -0.25) is 0 Å². The lowest BCUT2D eigenvalue weighted by Crippen LogP contribution is -2.34. The van der Waals surface area contributed by atoms with E-state index in [1.165, 1.54) is 41.5 Å². The number of nitrogens with one attached hydrogen (secondary N) is 2. The van der Waals surface area contributed by atoms with Gasteiger partial charge in [-0.05, 0) is 91.3 Å². The molecule has 0 aliphatic heterocycles. The Bertz CT molecular complexity index is 1020. The van der Waals surface area contributed by atoms with Crippen LogP contribution < -0.4 is 10.6 Å². The molecule has 0 saturated heterocycles. The highest BCUT2D eigenvalue weighted by atomic mass is 32.2. The summed E-state index contributed by atoms with van der Waals surface area (Å²) in [4.78, 5) is 13.2. The van der Waals surface area contributed by atoms with Crippen LogP contribution in [-0.4, -0.2) is 16.3 Å². The first kappa shape index (κ1) is 19.8. The van der Waals surface area contributed by atoms with Crippen molar-refractivity contribution < 1.29 is 9.00 Å². The molecule has 2 amide bonds. The fraction of sp³-hybridized carbons (Fsp3) is 0.458. The predicted octanol–water partition coefficient (Wildman–Crippen LogP) is 4.56. The van der Waals surface area contributed by atoms with Crippen molar-refractivity contribution in [3.8, 4) is 0 Å². The maximum atomic E-state index is 12.7. The van der Waals surface area contributed by atoms with Gasteiger partial charge in [-0.25, -0.2) is 9.00 Å². The molecule has 1 saturated carbocycles. The number of anilines is 1. The van der Waals surface area contributed by atoms with Crippen molar-refractivity contribution in [1.82, 2.24) is 5.32 Å². The molecule has 0 radical (unpaired) electrons. The molecule has 1 fully saturated rings. The fourth-order valence-electron chi connectivity index (χ4n) is 4.86. The average molecular weight is 424 g/mol. The first-order valence-electron chi connectivity index (χ1n) is 11.2. The van der Waals surface area contributed by atoms with Crippen LogP contribution in [0.25, 0.3) is 0 Å². The number of thiol groups is 1. The van der Waals surface area contributed by atoms with Gasteiger partial charge in [-0.15, -0.1) is 4.36 Å². The van der Waals surface area contributed by atoms with Gasteiger partial charge < -0.3 is 10.6 Å². The number of urea groups is 1. The van der Waals surface area contributed by atoms with Gasteiger partial charge in [0.05, 0.1) is 10.6 Å². The first-order valence-corrected chi connectivity index (χ1v) is 12.4. The van der Waals surface area contributed by atoms with Gasteiger partial charge >= 0.3 is 6.03 Å². The molecule has 5 rings (SSSR count). The molecule has 1 atom stereocenters. The third-order valence-corrected chi connectivity index (χ3v) is 7.85. The summed E-state index contributed by atoms with van der Waals surface area (Å²) in [7, 11) is -2.11. The molecule has 6 heteroatoms. The van der Waals surface area contributed by atoms with Crippen LogP contribution in [0.4, 0.5) is 10.5 Å². The molecule has 30 heavy (non-hydrogen) atoms. The number of hydrogen-bond acceptors (Lipinski definition) is 3. The number of aryl methyl sites for hydroxylation is 2. The first-order chi connectivity index (χ1) is 14.7. The van der Waals surface area contributed by atoms with E-state index in [0.29, 0.717) is 10.9 Å². The van der Waals surface area contributed by atoms with Crippen LogP contribution in [0.3, 0.4) is 0 Å². The van der Waals surface area contributed by atoms with E-state index in [-0.39, 0.29) is 0 Å². The largest absolute Gasteiger partial charge is 0.353 e. The minimum atomic E-state index is -2.11. The van der Waals surface area contributed by atoms with E-state index in [1.807, 2.05) is 24.3 Å². The van der Waals surface area contributed by atoms with Crippen LogP contribution in [0, 0.1) is 0 Å². The van der Waals surface area contributed by atoms with Gasteiger partial charge in [0, 0.05) is 23.2 Å². The Morgan fingerprint density at radius 3 is 2.23 bits per heavy atom. The predicted molar refractivity (Wildman–Crippen MR) is 121 cm³/mol. The minimum absolute atomic E-state index is 0.499. The van der Waals surface area contributed by atoms with Gasteiger partial charge in [0.2, 0.25) is 0 Å². The highest BCUT2D eigenvalue weighted by Gasteiger charge is 2.25. The van der Waals surface area contributed by atoms with Crippen LogP contribution in [0.15, 0.2) is 39.6 Å². The molecule has 0 aromatic heterocycles. The Hall–Kier alpha value is -2.18. The average Bonchev–Trinajstić information content (AvgIpc) is 3.36. The highest BCUT2D eigenvalue weighted by molar-refractivity contribution is 7.75. The fourth-order valence-corrected chi connectivity index (χ4v) is 5.59. The van der Waals surface area contributed by atoms with Crippen molar-refractivity contribution >= 4 is 22.3 Å². The molecule has 3 aliphatic rings. The van der Waals surface area contributed by atoms with E-state index in [1.54, 1.807) is 0 Å². The highest BCUT2D eigenvalue weighted by Crippen LogP contribution is 2.38. The molecule has 2 aromatic rings. The van der Waals surface area contributed by atoms with Crippen LogP contribution in [-0.2, 0) is 42.8 Å². The monoisotopic (exact) mass is 423 g/mol. The molecule has 1 unspecified atom stereocenters. The zero-order valence-corrected chi connectivity index (χ0v) is 18.1. The van der Waals surface area contributed by atoms with E-state index in [9.17, 15) is 9.00 Å². The molecule has 158 valence electrons. The summed E-state index contributed by atoms with van der Waals surface area (Å²) in [6.45, 7) is 0.823. The molecule has 0 spiro atoms. The maximum Gasteiger partial charge on any atom is 0.353 e. The molecule has 3 aliphatic carbocycles. The topological polar surface area (TPSA) is 70.6 Å². The maximum absolute atomic E-state index is 12.7. The number of benzene rings is 2. The quantitative estimate of drug-likeness (QED) is 0.618. The zero-order valence-electron chi connectivity index (χ0n) is 17.2. The normalized spacial score (nSPS) is 18.7. The van der Waals surface area contributed by atoms with E-state index in [0.717, 1.165) is 56.3 Å². The number of fused-ring (bicyclic) bond motifs is 2. The summed E-state index contributed by atoms with van der Waals surface area (Å²) >= 11 is 0. The Morgan fingerprint density at radius 1 is 0.967 bits per heavy atom. The summed E-state index contributed by atoms with van der Waals surface area (Å²) in [5.41, 5.74) is 7.36. The third kappa shape index (κ3) is 4.03. The third-order valence-electron chi connectivity index (χ3n) is 6.74. The van der Waals surface area contributed by atoms with Crippen molar-refractivity contribution in [2.75, 3.05) is 5.32 Å². The number of carbonyl (C=O) groups excluding carboxylic acids is 1. The number of nitrogens with zero attached hydrogens (tertiary/aromatic N) is 1. The summed E-state index contributed by atoms with van der Waals surface area (Å²) in [5, 5.41) is 6.52. The molecule has 0 heterocycles. The second kappa shape index (κ2) is 8.52. The Balaban J connectivity index is 1.29. The van der Waals surface area contributed by atoms with Gasteiger partial charge in [0.15, 0.2) is 0 Å². The second-order valence-electron chi connectivity index (χ2n) is 8.71. The number of rotatable bonds is 5. The van der Waals surface area contributed by atoms with Crippen molar-refractivity contribution in [3.63, 3.8) is 0 Å². The second-order valence-corrected chi connectivity index (χ2v) is 9.97. The Morgan fingerprint density at radius 2 is 1.63 bits per heavy atom. The molecular weight excluding hydrogens is 394 g/mol. The van der Waals surface area contributed by atoms with Crippen LogP contribution in [0.2, 0.25) is 0 Å². The van der Waals surface area contributed by atoms with Gasteiger partial charge in [0.1, 0.15) is 0 Å². The summed E-state index contributed by atoms with van der Waals surface area (Å²) in [5.74, 6) is 0. The lowest BCUT2D eigenvalue weighted by Gasteiger charge is -2.26. The lowest BCUT2D eigenvalue weighted by molar-refractivity contribution is 0.260. The van der Waals surface area contributed by atoms with E-state index < -0.39 is 16.6 Å². The molecule has 5 nitrogen and oxygen atoms in total.